The molecule has 3 fully saturated rings. The third-order valence-corrected chi connectivity index (χ3v) is 6.22. The second kappa shape index (κ2) is 9.03. The first-order valence-corrected chi connectivity index (χ1v) is 10.8. The SMILES string of the molecule is COc1ccc(C(=O)N2CCCC2)c(OC2CCN(C(=O)C3CCCN3)CC2)c1. The maximum absolute atomic E-state index is 12.9. The topological polar surface area (TPSA) is 71.1 Å². The Labute approximate surface area is 172 Å². The van der Waals surface area contributed by atoms with Crippen LogP contribution in [0, 0.1) is 0 Å². The van der Waals surface area contributed by atoms with Gasteiger partial charge in [-0.3, -0.25) is 9.59 Å². The number of hydrogen-bond donors (Lipinski definition) is 1. The minimum atomic E-state index is -0.0180. The number of carbonyl (C=O) groups is 2. The first-order valence-electron chi connectivity index (χ1n) is 10.8. The van der Waals surface area contributed by atoms with Gasteiger partial charge in [-0.05, 0) is 44.4 Å². The maximum atomic E-state index is 12.9. The number of benzene rings is 1. The number of amides is 2. The van der Waals surface area contributed by atoms with Gasteiger partial charge in [0.25, 0.3) is 5.91 Å². The van der Waals surface area contributed by atoms with Crippen LogP contribution in [0.1, 0.15) is 48.9 Å². The van der Waals surface area contributed by atoms with Gasteiger partial charge >= 0.3 is 0 Å². The Bertz CT molecular complexity index is 734. The molecule has 1 atom stereocenters. The van der Waals surface area contributed by atoms with Gasteiger partial charge in [0.05, 0.1) is 18.7 Å². The summed E-state index contributed by atoms with van der Waals surface area (Å²) in [6.45, 7) is 3.93. The maximum Gasteiger partial charge on any atom is 0.257 e. The van der Waals surface area contributed by atoms with Gasteiger partial charge < -0.3 is 24.6 Å². The van der Waals surface area contributed by atoms with Crippen LogP contribution >= 0.6 is 0 Å². The lowest BCUT2D eigenvalue weighted by molar-refractivity contribution is -0.134. The predicted octanol–water partition coefficient (Wildman–Crippen LogP) is 2.05. The Balaban J connectivity index is 1.41. The van der Waals surface area contributed by atoms with Gasteiger partial charge in [-0.2, -0.15) is 0 Å². The Hall–Kier alpha value is -2.28. The fourth-order valence-electron chi connectivity index (χ4n) is 4.48. The summed E-state index contributed by atoms with van der Waals surface area (Å²) in [4.78, 5) is 29.4. The van der Waals surface area contributed by atoms with E-state index < -0.39 is 0 Å². The van der Waals surface area contributed by atoms with Gasteiger partial charge in [0, 0.05) is 45.1 Å². The molecule has 4 rings (SSSR count). The van der Waals surface area contributed by atoms with Crippen LogP contribution in [-0.2, 0) is 4.79 Å². The van der Waals surface area contributed by atoms with Crippen LogP contribution in [-0.4, -0.2) is 73.6 Å². The standard InChI is InChI=1S/C22H31N3O4/c1-28-17-6-7-18(21(26)24-11-2-3-12-24)20(15-17)29-16-8-13-25(14-9-16)22(27)19-5-4-10-23-19/h6-7,15-16,19,23H,2-5,8-14H2,1H3. The van der Waals surface area contributed by atoms with Gasteiger partial charge in [0.2, 0.25) is 5.91 Å². The molecule has 158 valence electrons. The van der Waals surface area contributed by atoms with E-state index in [9.17, 15) is 9.59 Å². The molecule has 1 N–H and O–H groups in total. The van der Waals surface area contributed by atoms with E-state index in [4.69, 9.17) is 9.47 Å². The molecule has 1 aromatic rings. The molecule has 3 saturated heterocycles. The molecular formula is C22H31N3O4. The van der Waals surface area contributed by atoms with E-state index in [-0.39, 0.29) is 24.0 Å². The van der Waals surface area contributed by atoms with Gasteiger partial charge in [-0.15, -0.1) is 0 Å². The summed E-state index contributed by atoms with van der Waals surface area (Å²) in [7, 11) is 1.61. The number of likely N-dealkylation sites (tertiary alicyclic amines) is 2. The molecule has 7 nitrogen and oxygen atoms in total. The zero-order chi connectivity index (χ0) is 20.2. The van der Waals surface area contributed by atoms with E-state index in [1.807, 2.05) is 21.9 Å². The lowest BCUT2D eigenvalue weighted by Gasteiger charge is -2.34. The molecule has 0 aromatic heterocycles. The summed E-state index contributed by atoms with van der Waals surface area (Å²) in [5, 5.41) is 3.29. The molecule has 29 heavy (non-hydrogen) atoms. The summed E-state index contributed by atoms with van der Waals surface area (Å²) < 4.78 is 11.6. The molecule has 0 aliphatic carbocycles. The smallest absolute Gasteiger partial charge is 0.257 e. The van der Waals surface area contributed by atoms with Crippen molar-refractivity contribution in [2.45, 2.75) is 50.7 Å². The highest BCUT2D eigenvalue weighted by molar-refractivity contribution is 5.97. The average Bonchev–Trinajstić information content (AvgIpc) is 3.47. The zero-order valence-corrected chi connectivity index (χ0v) is 17.2. The van der Waals surface area contributed by atoms with E-state index in [1.54, 1.807) is 13.2 Å². The van der Waals surface area contributed by atoms with E-state index >= 15 is 0 Å². The van der Waals surface area contributed by atoms with Crippen molar-refractivity contribution in [2.24, 2.45) is 0 Å². The number of hydrogen-bond acceptors (Lipinski definition) is 5. The van der Waals surface area contributed by atoms with Crippen LogP contribution < -0.4 is 14.8 Å². The highest BCUT2D eigenvalue weighted by Crippen LogP contribution is 2.30. The number of ether oxygens (including phenoxy) is 2. The largest absolute Gasteiger partial charge is 0.497 e. The number of nitrogens with one attached hydrogen (secondary N) is 1. The van der Waals surface area contributed by atoms with Crippen LogP contribution in [0.2, 0.25) is 0 Å². The van der Waals surface area contributed by atoms with E-state index in [1.165, 1.54) is 0 Å². The highest BCUT2D eigenvalue weighted by Gasteiger charge is 2.31. The lowest BCUT2D eigenvalue weighted by Crippen LogP contribution is -2.48. The molecule has 0 radical (unpaired) electrons. The molecule has 1 unspecified atom stereocenters. The predicted molar refractivity (Wildman–Crippen MR) is 109 cm³/mol. The van der Waals surface area contributed by atoms with Crippen molar-refractivity contribution in [2.75, 3.05) is 39.8 Å². The lowest BCUT2D eigenvalue weighted by atomic mass is 10.1. The fraction of sp³-hybridized carbons (Fsp3) is 0.636. The second-order valence-corrected chi connectivity index (χ2v) is 8.15. The van der Waals surface area contributed by atoms with Crippen LogP contribution in [0.15, 0.2) is 18.2 Å². The summed E-state index contributed by atoms with van der Waals surface area (Å²) in [5.74, 6) is 1.51. The molecule has 0 bridgehead atoms. The molecule has 3 aliphatic rings. The van der Waals surface area contributed by atoms with Crippen molar-refractivity contribution in [3.8, 4) is 11.5 Å². The first kappa shape index (κ1) is 20.0. The van der Waals surface area contributed by atoms with Gasteiger partial charge in [0.1, 0.15) is 17.6 Å². The van der Waals surface area contributed by atoms with E-state index in [0.29, 0.717) is 30.2 Å². The third kappa shape index (κ3) is 4.50. The number of carbonyl (C=O) groups excluding carboxylic acids is 2. The molecule has 0 spiro atoms. The molecule has 2 amide bonds. The minimum absolute atomic E-state index is 0.00665. The average molecular weight is 402 g/mol. The van der Waals surface area contributed by atoms with Crippen LogP contribution in [0.25, 0.3) is 0 Å². The fourth-order valence-corrected chi connectivity index (χ4v) is 4.48. The quantitative estimate of drug-likeness (QED) is 0.818. The van der Waals surface area contributed by atoms with Crippen molar-refractivity contribution in [1.82, 2.24) is 15.1 Å². The molecule has 7 heteroatoms. The van der Waals surface area contributed by atoms with E-state index in [2.05, 4.69) is 5.32 Å². The Morgan fingerprint density at radius 1 is 1.00 bits per heavy atom. The molecular weight excluding hydrogens is 370 g/mol. The van der Waals surface area contributed by atoms with Crippen LogP contribution in [0.4, 0.5) is 0 Å². The van der Waals surface area contributed by atoms with Crippen molar-refractivity contribution in [3.63, 3.8) is 0 Å². The highest BCUT2D eigenvalue weighted by atomic mass is 16.5. The summed E-state index contributed by atoms with van der Waals surface area (Å²) in [5.41, 5.74) is 0.598. The van der Waals surface area contributed by atoms with Gasteiger partial charge in [-0.25, -0.2) is 0 Å². The Morgan fingerprint density at radius 2 is 1.76 bits per heavy atom. The summed E-state index contributed by atoms with van der Waals surface area (Å²) >= 11 is 0. The molecule has 3 heterocycles. The van der Waals surface area contributed by atoms with Crippen molar-refractivity contribution < 1.29 is 19.1 Å². The number of rotatable bonds is 5. The number of piperidine rings is 1. The number of nitrogens with zero attached hydrogens (tertiary/aromatic N) is 2. The summed E-state index contributed by atoms with van der Waals surface area (Å²) in [6.07, 6.45) is 5.65. The van der Waals surface area contributed by atoms with Gasteiger partial charge in [0.15, 0.2) is 0 Å². The van der Waals surface area contributed by atoms with Crippen LogP contribution in [0.3, 0.4) is 0 Å². The third-order valence-electron chi connectivity index (χ3n) is 6.22. The molecule has 1 aromatic carbocycles. The second-order valence-electron chi connectivity index (χ2n) is 8.15. The zero-order valence-electron chi connectivity index (χ0n) is 17.2. The van der Waals surface area contributed by atoms with E-state index in [0.717, 1.165) is 58.2 Å². The molecule has 3 aliphatic heterocycles. The van der Waals surface area contributed by atoms with Gasteiger partial charge in [-0.1, -0.05) is 0 Å². The van der Waals surface area contributed by atoms with Crippen molar-refractivity contribution >= 4 is 11.8 Å². The molecule has 0 saturated carbocycles. The normalized spacial score (nSPS) is 22.7. The Kier molecular flexibility index (Phi) is 6.23. The van der Waals surface area contributed by atoms with Crippen molar-refractivity contribution in [3.05, 3.63) is 23.8 Å². The minimum Gasteiger partial charge on any atom is -0.497 e. The first-order chi connectivity index (χ1) is 14.2. The monoisotopic (exact) mass is 401 g/mol. The Morgan fingerprint density at radius 3 is 2.41 bits per heavy atom. The van der Waals surface area contributed by atoms with Crippen LogP contribution in [0.5, 0.6) is 11.5 Å². The number of methoxy groups -OCH3 is 1. The summed E-state index contributed by atoms with van der Waals surface area (Å²) in [6, 6.07) is 5.41. The van der Waals surface area contributed by atoms with Crippen molar-refractivity contribution in [1.29, 1.82) is 0 Å².